The minimum absolute atomic E-state index is 0.167. The molecule has 1 rings (SSSR count). The van der Waals surface area contributed by atoms with Gasteiger partial charge in [0.1, 0.15) is 0 Å². The number of benzene rings is 1. The lowest BCUT2D eigenvalue weighted by atomic mass is 10.0. The molecule has 0 radical (unpaired) electrons. The van der Waals surface area contributed by atoms with Gasteiger partial charge in [0.2, 0.25) is 5.91 Å². The summed E-state index contributed by atoms with van der Waals surface area (Å²) < 4.78 is 6.84. The lowest BCUT2D eigenvalue weighted by molar-refractivity contribution is -0.121. The van der Waals surface area contributed by atoms with Gasteiger partial charge in [0.05, 0.1) is 17.7 Å². The van der Waals surface area contributed by atoms with Gasteiger partial charge in [0, 0.05) is 8.39 Å². The molecule has 0 spiro atoms. The summed E-state index contributed by atoms with van der Waals surface area (Å²) in [7, 11) is -0.167. The second-order valence-electron chi connectivity index (χ2n) is 3.16. The van der Waals surface area contributed by atoms with E-state index in [1.165, 1.54) is 0 Å². The third-order valence-electron chi connectivity index (χ3n) is 2.05. The number of hydrogen-bond acceptors (Lipinski definition) is 3. The van der Waals surface area contributed by atoms with Crippen LogP contribution in [0.2, 0.25) is 0 Å². The van der Waals surface area contributed by atoms with E-state index >= 15 is 0 Å². The van der Waals surface area contributed by atoms with Crippen molar-refractivity contribution in [1.82, 2.24) is 5.32 Å². The molecule has 0 aliphatic heterocycles. The van der Waals surface area contributed by atoms with Crippen molar-refractivity contribution in [2.45, 2.75) is 12.5 Å². The van der Waals surface area contributed by atoms with E-state index in [1.807, 2.05) is 6.07 Å². The first-order chi connectivity index (χ1) is 7.67. The Morgan fingerprint density at radius 1 is 1.67 bits per heavy atom. The van der Waals surface area contributed by atoms with Crippen molar-refractivity contribution in [2.24, 2.45) is 5.73 Å². The Morgan fingerprint density at radius 3 is 2.87 bits per heavy atom. The van der Waals surface area contributed by atoms with E-state index in [0.717, 1.165) is 5.56 Å². The van der Waals surface area contributed by atoms with Crippen molar-refractivity contribution in [3.8, 4) is 6.07 Å². The number of nitrogens with zero attached hydrogens (tertiary/aromatic N) is 1. The molecule has 0 aliphatic rings. The van der Waals surface area contributed by atoms with Gasteiger partial charge in [-0.1, -0.05) is 12.1 Å². The molecule has 1 atom stereocenters. The fraction of sp³-hybridized carbons (Fsp3) is 0.273. The molecule has 0 heterocycles. The Hall–Kier alpha value is -1.86. The standard InChI is InChI=1S/C11H13N3O/c1-14-11(15)10(13)6-8-2-4-9(7-12)5-3-8/h2-5,10H,6,13H2,1H3,(H,14,15)/t10-/m0/s1/i1D. The summed E-state index contributed by atoms with van der Waals surface area (Å²) in [6.07, 6.45) is 0.400. The molecular formula is C11H13N3O. The van der Waals surface area contributed by atoms with Crippen molar-refractivity contribution in [2.75, 3.05) is 7.02 Å². The molecule has 0 aromatic heterocycles. The van der Waals surface area contributed by atoms with Crippen LogP contribution in [-0.4, -0.2) is 19.0 Å². The van der Waals surface area contributed by atoms with Gasteiger partial charge in [-0.2, -0.15) is 5.26 Å². The zero-order valence-electron chi connectivity index (χ0n) is 9.23. The molecule has 0 aliphatic carbocycles. The Kier molecular flexibility index (Phi) is 3.31. The van der Waals surface area contributed by atoms with E-state index in [0.29, 0.717) is 12.0 Å². The normalized spacial score (nSPS) is 12.4. The van der Waals surface area contributed by atoms with Crippen molar-refractivity contribution < 1.29 is 6.17 Å². The third kappa shape index (κ3) is 3.08. The van der Waals surface area contributed by atoms with E-state index in [2.05, 4.69) is 5.32 Å². The summed E-state index contributed by atoms with van der Waals surface area (Å²) in [4.78, 5) is 11.3. The Balaban J connectivity index is 2.59. The maximum Gasteiger partial charge on any atom is 0.237 e. The molecule has 1 aromatic rings. The van der Waals surface area contributed by atoms with Crippen molar-refractivity contribution >= 4 is 5.91 Å². The molecule has 0 saturated heterocycles. The third-order valence-corrected chi connectivity index (χ3v) is 2.05. The molecule has 0 fully saturated rings. The van der Waals surface area contributed by atoms with E-state index < -0.39 is 6.04 Å². The monoisotopic (exact) mass is 204 g/mol. The maximum atomic E-state index is 11.3. The Labute approximate surface area is 90.1 Å². The van der Waals surface area contributed by atoms with Crippen LogP contribution in [0.1, 0.15) is 12.5 Å². The predicted molar refractivity (Wildman–Crippen MR) is 56.9 cm³/mol. The number of rotatable bonds is 3. The smallest absolute Gasteiger partial charge is 0.237 e. The first-order valence-electron chi connectivity index (χ1n) is 5.19. The lowest BCUT2D eigenvalue weighted by Gasteiger charge is -2.09. The number of carbonyl (C=O) groups excluding carboxylic acids is 1. The van der Waals surface area contributed by atoms with Gasteiger partial charge >= 0.3 is 0 Å². The van der Waals surface area contributed by atoms with Gasteiger partial charge in [-0.05, 0) is 24.1 Å². The lowest BCUT2D eigenvalue weighted by Crippen LogP contribution is -2.40. The fourth-order valence-corrected chi connectivity index (χ4v) is 1.19. The maximum absolute atomic E-state index is 11.3. The SMILES string of the molecule is [2H]CNC(=O)[C@@H](N)Cc1ccc(C#N)cc1. The van der Waals surface area contributed by atoms with Gasteiger partial charge in [0.15, 0.2) is 0 Å². The summed E-state index contributed by atoms with van der Waals surface area (Å²) in [5, 5.41) is 10.9. The molecule has 3 N–H and O–H groups in total. The highest BCUT2D eigenvalue weighted by atomic mass is 16.2. The van der Waals surface area contributed by atoms with Crippen LogP contribution in [0.4, 0.5) is 0 Å². The minimum Gasteiger partial charge on any atom is -0.358 e. The van der Waals surface area contributed by atoms with Gasteiger partial charge in [-0.15, -0.1) is 0 Å². The number of nitrogens with two attached hydrogens (primary N) is 1. The number of nitriles is 1. The molecule has 1 amide bonds. The largest absolute Gasteiger partial charge is 0.358 e. The highest BCUT2D eigenvalue weighted by molar-refractivity contribution is 5.81. The van der Waals surface area contributed by atoms with Crippen LogP contribution in [0.25, 0.3) is 0 Å². The number of nitrogens with one attached hydrogen (secondary N) is 1. The molecular weight excluding hydrogens is 190 g/mol. The topological polar surface area (TPSA) is 78.9 Å². The fourth-order valence-electron chi connectivity index (χ4n) is 1.19. The molecule has 78 valence electrons. The zero-order valence-corrected chi connectivity index (χ0v) is 8.23. The molecule has 0 unspecified atom stereocenters. The summed E-state index contributed by atoms with van der Waals surface area (Å²) in [6, 6.07) is 8.27. The second-order valence-corrected chi connectivity index (χ2v) is 3.16. The average Bonchev–Trinajstić information content (AvgIpc) is 2.30. The number of amides is 1. The van der Waals surface area contributed by atoms with Crippen molar-refractivity contribution in [3.63, 3.8) is 0 Å². The van der Waals surface area contributed by atoms with Crippen LogP contribution in [0, 0.1) is 11.3 Å². The quantitative estimate of drug-likeness (QED) is 0.736. The second kappa shape index (κ2) is 5.13. The molecule has 0 saturated carbocycles. The summed E-state index contributed by atoms with van der Waals surface area (Å²) >= 11 is 0. The zero-order chi connectivity index (χ0) is 12.0. The number of carbonyl (C=O) groups is 1. The molecule has 1 aromatic carbocycles. The van der Waals surface area contributed by atoms with Crippen LogP contribution in [0.15, 0.2) is 24.3 Å². The van der Waals surface area contributed by atoms with Gasteiger partial charge in [-0.25, -0.2) is 0 Å². The number of likely N-dealkylation sites (N-methyl/N-ethyl adjacent to an activating group) is 1. The van der Waals surface area contributed by atoms with Crippen LogP contribution < -0.4 is 11.1 Å². The van der Waals surface area contributed by atoms with E-state index in [9.17, 15) is 4.79 Å². The van der Waals surface area contributed by atoms with Gasteiger partial charge in [0.25, 0.3) is 0 Å². The predicted octanol–water partition coefficient (Wildman–Crippen LogP) is 0.174. The molecule has 15 heavy (non-hydrogen) atoms. The average molecular weight is 204 g/mol. The molecule has 4 heteroatoms. The molecule has 0 bridgehead atoms. The van der Waals surface area contributed by atoms with Crippen LogP contribution in [-0.2, 0) is 11.2 Å². The molecule has 4 nitrogen and oxygen atoms in total. The van der Waals surface area contributed by atoms with E-state index in [-0.39, 0.29) is 12.9 Å². The van der Waals surface area contributed by atoms with Crippen LogP contribution >= 0.6 is 0 Å². The summed E-state index contributed by atoms with van der Waals surface area (Å²) in [6.45, 7) is 0. The summed E-state index contributed by atoms with van der Waals surface area (Å²) in [5.74, 6) is -0.334. The first-order valence-corrected chi connectivity index (χ1v) is 4.49. The Morgan fingerprint density at radius 2 is 2.33 bits per heavy atom. The van der Waals surface area contributed by atoms with Crippen molar-refractivity contribution in [3.05, 3.63) is 35.4 Å². The highest BCUT2D eigenvalue weighted by Crippen LogP contribution is 2.05. The Bertz CT molecular complexity index is 397. The van der Waals surface area contributed by atoms with E-state index in [4.69, 9.17) is 12.4 Å². The number of hydrogen-bond donors (Lipinski definition) is 2. The van der Waals surface area contributed by atoms with Crippen LogP contribution in [0.5, 0.6) is 0 Å². The highest BCUT2D eigenvalue weighted by Gasteiger charge is 2.11. The summed E-state index contributed by atoms with van der Waals surface area (Å²) in [5.41, 5.74) is 7.12. The van der Waals surface area contributed by atoms with Crippen molar-refractivity contribution in [1.29, 1.82) is 5.26 Å². The van der Waals surface area contributed by atoms with Gasteiger partial charge in [-0.3, -0.25) is 4.79 Å². The minimum atomic E-state index is -0.654. The van der Waals surface area contributed by atoms with E-state index in [1.54, 1.807) is 24.3 Å². The first kappa shape index (κ1) is 9.69. The van der Waals surface area contributed by atoms with Crippen LogP contribution in [0.3, 0.4) is 0 Å². The van der Waals surface area contributed by atoms with Gasteiger partial charge < -0.3 is 11.1 Å².